The zero-order valence-electron chi connectivity index (χ0n) is 13.9. The zero-order chi connectivity index (χ0) is 17.1. The van der Waals surface area contributed by atoms with Gasteiger partial charge in [-0.1, -0.05) is 18.2 Å². The number of hydrogen-bond donors (Lipinski definition) is 1. The summed E-state index contributed by atoms with van der Waals surface area (Å²) in [6.45, 7) is 6.91. The van der Waals surface area contributed by atoms with E-state index in [1.807, 2.05) is 20.8 Å². The third-order valence-corrected chi connectivity index (χ3v) is 4.64. The molecule has 0 saturated heterocycles. The highest BCUT2D eigenvalue weighted by Crippen LogP contribution is 2.32. The highest BCUT2D eigenvalue weighted by Gasteiger charge is 2.35. The molecule has 6 heteroatoms. The number of allylic oxidation sites excluding steroid dienone is 1. The molecule has 0 spiro atoms. The molecule has 0 fully saturated rings. The second-order valence-corrected chi connectivity index (χ2v) is 5.83. The Morgan fingerprint density at radius 3 is 2.52 bits per heavy atom. The van der Waals surface area contributed by atoms with Gasteiger partial charge in [0, 0.05) is 31.4 Å². The molecule has 1 amide bonds. The lowest BCUT2D eigenvalue weighted by atomic mass is 9.93. The second kappa shape index (κ2) is 7.08. The van der Waals surface area contributed by atoms with E-state index in [2.05, 4.69) is 5.32 Å². The lowest BCUT2D eigenvalue weighted by Crippen LogP contribution is -2.48. The molecule has 0 saturated carbocycles. The lowest BCUT2D eigenvalue weighted by molar-refractivity contribution is -0.127. The van der Waals surface area contributed by atoms with Gasteiger partial charge in [-0.05, 0) is 39.1 Å². The van der Waals surface area contributed by atoms with E-state index >= 15 is 0 Å². The summed E-state index contributed by atoms with van der Waals surface area (Å²) in [5.41, 5.74) is 1.71. The van der Waals surface area contributed by atoms with Crippen LogP contribution in [0.5, 0.6) is 0 Å². The molecule has 1 heterocycles. The molecule has 23 heavy (non-hydrogen) atoms. The fourth-order valence-corrected chi connectivity index (χ4v) is 2.99. The summed E-state index contributed by atoms with van der Waals surface area (Å²) < 4.78 is 14.3. The summed E-state index contributed by atoms with van der Waals surface area (Å²) in [4.78, 5) is 16.4. The van der Waals surface area contributed by atoms with E-state index in [1.165, 1.54) is 6.07 Å². The highest BCUT2D eigenvalue weighted by atomic mass is 32.1. The van der Waals surface area contributed by atoms with Crippen molar-refractivity contribution in [3.8, 4) is 0 Å². The molecule has 0 radical (unpaired) electrons. The van der Waals surface area contributed by atoms with Crippen molar-refractivity contribution in [2.24, 2.45) is 0 Å². The van der Waals surface area contributed by atoms with Crippen molar-refractivity contribution in [3.63, 3.8) is 0 Å². The van der Waals surface area contributed by atoms with Crippen LogP contribution in [0.1, 0.15) is 32.4 Å². The standard InChI is InChI=1S/C17H22FN3OS/c1-5-21(6-2)16(22)14-11(3)20(4)17(23)19-15(14)12-9-7-8-10-13(12)18/h7-10,15H,5-6H2,1-4H3,(H,19,23)/t15-/m0/s1. The Kier molecular flexibility index (Phi) is 5.36. The van der Waals surface area contributed by atoms with Crippen LogP contribution in [0.15, 0.2) is 35.5 Å². The highest BCUT2D eigenvalue weighted by molar-refractivity contribution is 7.80. The van der Waals surface area contributed by atoms with Crippen LogP contribution >= 0.6 is 12.2 Å². The van der Waals surface area contributed by atoms with Gasteiger partial charge in [0.1, 0.15) is 5.82 Å². The average molecular weight is 335 g/mol. The second-order valence-electron chi connectivity index (χ2n) is 5.44. The van der Waals surface area contributed by atoms with Gasteiger partial charge in [-0.25, -0.2) is 4.39 Å². The fraction of sp³-hybridized carbons (Fsp3) is 0.412. The van der Waals surface area contributed by atoms with Crippen molar-refractivity contribution in [1.82, 2.24) is 15.1 Å². The molecule has 4 nitrogen and oxygen atoms in total. The maximum Gasteiger partial charge on any atom is 0.253 e. The van der Waals surface area contributed by atoms with Gasteiger partial charge in [-0.15, -0.1) is 0 Å². The number of rotatable bonds is 4. The number of halogens is 1. The molecule has 2 rings (SSSR count). The first kappa shape index (κ1) is 17.4. The van der Waals surface area contributed by atoms with Crippen molar-refractivity contribution >= 4 is 23.2 Å². The summed E-state index contributed by atoms with van der Waals surface area (Å²) in [6, 6.07) is 5.90. The Morgan fingerprint density at radius 2 is 1.96 bits per heavy atom. The first-order valence-corrected chi connectivity index (χ1v) is 8.11. The Hall–Kier alpha value is -1.95. The Labute approximate surface area is 142 Å². The predicted molar refractivity (Wildman–Crippen MR) is 93.3 cm³/mol. The third-order valence-electron chi connectivity index (χ3n) is 4.25. The van der Waals surface area contributed by atoms with Crippen LogP contribution in [0.25, 0.3) is 0 Å². The smallest absolute Gasteiger partial charge is 0.253 e. The van der Waals surface area contributed by atoms with Crippen molar-refractivity contribution < 1.29 is 9.18 Å². The van der Waals surface area contributed by atoms with E-state index in [1.54, 1.807) is 35.0 Å². The summed E-state index contributed by atoms with van der Waals surface area (Å²) in [6.07, 6.45) is 0. The molecular formula is C17H22FN3OS. The molecule has 1 aliphatic rings. The molecular weight excluding hydrogens is 313 g/mol. The maximum atomic E-state index is 14.3. The summed E-state index contributed by atoms with van der Waals surface area (Å²) in [5, 5.41) is 3.58. The number of amides is 1. The Morgan fingerprint density at radius 1 is 1.35 bits per heavy atom. The maximum absolute atomic E-state index is 14.3. The summed E-state index contributed by atoms with van der Waals surface area (Å²) in [7, 11) is 1.80. The third kappa shape index (κ3) is 3.22. The molecule has 1 aliphatic heterocycles. The van der Waals surface area contributed by atoms with Gasteiger partial charge in [-0.2, -0.15) is 0 Å². The largest absolute Gasteiger partial charge is 0.351 e. The minimum atomic E-state index is -0.576. The SMILES string of the molecule is CCN(CC)C(=O)C1=C(C)N(C)C(=S)N[C@H]1c1ccccc1F. The number of nitrogens with one attached hydrogen (secondary N) is 1. The number of likely N-dealkylation sites (N-methyl/N-ethyl adjacent to an activating group) is 1. The van der Waals surface area contributed by atoms with E-state index in [9.17, 15) is 9.18 Å². The molecule has 1 atom stereocenters. The predicted octanol–water partition coefficient (Wildman–Crippen LogP) is 2.83. The molecule has 124 valence electrons. The molecule has 0 bridgehead atoms. The van der Waals surface area contributed by atoms with Crippen molar-refractivity contribution in [2.45, 2.75) is 26.8 Å². The number of carbonyl (C=O) groups is 1. The number of carbonyl (C=O) groups excluding carboxylic acids is 1. The number of benzene rings is 1. The first-order valence-electron chi connectivity index (χ1n) is 7.71. The zero-order valence-corrected chi connectivity index (χ0v) is 14.7. The molecule has 0 unspecified atom stereocenters. The van der Waals surface area contributed by atoms with Crippen molar-refractivity contribution in [2.75, 3.05) is 20.1 Å². The van der Waals surface area contributed by atoms with Crippen LogP contribution in [0.3, 0.4) is 0 Å². The van der Waals surface area contributed by atoms with Crippen LogP contribution in [0, 0.1) is 5.82 Å². The van der Waals surface area contributed by atoms with Crippen LogP contribution < -0.4 is 5.32 Å². The van der Waals surface area contributed by atoms with Crippen molar-refractivity contribution in [3.05, 3.63) is 46.9 Å². The number of hydrogen-bond acceptors (Lipinski definition) is 2. The molecule has 1 aromatic rings. The monoisotopic (exact) mass is 335 g/mol. The summed E-state index contributed by atoms with van der Waals surface area (Å²) >= 11 is 5.32. The summed E-state index contributed by atoms with van der Waals surface area (Å²) in [5.74, 6) is -0.447. The van der Waals surface area contributed by atoms with E-state index in [0.717, 1.165) is 5.70 Å². The Bertz CT molecular complexity index is 655. The molecule has 0 aromatic heterocycles. The molecule has 1 N–H and O–H groups in total. The van der Waals surface area contributed by atoms with E-state index in [0.29, 0.717) is 29.3 Å². The molecule has 0 aliphatic carbocycles. The number of thiocarbonyl (C=S) groups is 1. The Balaban J connectivity index is 2.57. The van der Waals surface area contributed by atoms with Crippen LogP contribution in [0.2, 0.25) is 0 Å². The van der Waals surface area contributed by atoms with Crippen LogP contribution in [0.4, 0.5) is 4.39 Å². The van der Waals surface area contributed by atoms with Gasteiger partial charge >= 0.3 is 0 Å². The van der Waals surface area contributed by atoms with E-state index in [-0.39, 0.29) is 11.7 Å². The van der Waals surface area contributed by atoms with Crippen LogP contribution in [-0.4, -0.2) is 41.0 Å². The minimum absolute atomic E-state index is 0.0948. The lowest BCUT2D eigenvalue weighted by Gasteiger charge is -2.37. The molecule has 1 aromatic carbocycles. The van der Waals surface area contributed by atoms with Gasteiger partial charge in [-0.3, -0.25) is 4.79 Å². The quantitative estimate of drug-likeness (QED) is 0.859. The van der Waals surface area contributed by atoms with Crippen LogP contribution in [-0.2, 0) is 4.79 Å². The van der Waals surface area contributed by atoms with Crippen molar-refractivity contribution in [1.29, 1.82) is 0 Å². The van der Waals surface area contributed by atoms with E-state index < -0.39 is 6.04 Å². The van der Waals surface area contributed by atoms with Gasteiger partial charge in [0.15, 0.2) is 5.11 Å². The first-order chi connectivity index (χ1) is 10.9. The van der Waals surface area contributed by atoms with Gasteiger partial charge in [0.2, 0.25) is 0 Å². The normalized spacial score (nSPS) is 18.0. The number of nitrogens with zero attached hydrogens (tertiary/aromatic N) is 2. The van der Waals surface area contributed by atoms with E-state index in [4.69, 9.17) is 12.2 Å². The van der Waals surface area contributed by atoms with Gasteiger partial charge < -0.3 is 15.1 Å². The topological polar surface area (TPSA) is 35.6 Å². The van der Waals surface area contributed by atoms with Gasteiger partial charge in [0.05, 0.1) is 11.6 Å². The van der Waals surface area contributed by atoms with Gasteiger partial charge in [0.25, 0.3) is 5.91 Å². The minimum Gasteiger partial charge on any atom is -0.351 e. The fourth-order valence-electron chi connectivity index (χ4n) is 2.74. The average Bonchev–Trinajstić information content (AvgIpc) is 2.54.